The molecule has 1 aromatic carbocycles. The van der Waals surface area contributed by atoms with Crippen molar-refractivity contribution in [2.24, 2.45) is 0 Å². The van der Waals surface area contributed by atoms with Crippen LogP contribution in [0.1, 0.15) is 56.2 Å². The molecule has 0 spiro atoms. The fourth-order valence-electron chi connectivity index (χ4n) is 3.98. The fraction of sp³-hybridized carbons (Fsp3) is 0.550. The highest BCUT2D eigenvalue weighted by Gasteiger charge is 2.22. The lowest BCUT2D eigenvalue weighted by molar-refractivity contribution is -0.913. The molecule has 130 valence electrons. The monoisotopic (exact) mass is 330 g/mol. The minimum Gasteiger partial charge on any atom is -0.507 e. The topological polar surface area (TPSA) is 54.9 Å². The number of nitrogens with one attached hydrogen (secondary N) is 1. The maximum Gasteiger partial charge on any atom is 0.339 e. The Morgan fingerprint density at radius 3 is 2.42 bits per heavy atom. The van der Waals surface area contributed by atoms with Crippen LogP contribution in [0.4, 0.5) is 0 Å². The third-order valence-electron chi connectivity index (χ3n) is 5.10. The SMILES string of the molecule is CCC[NH+](CCC)Cc1c(O)ccc2c3c(c(=O)oc12)CCCC3. The second-order valence-electron chi connectivity index (χ2n) is 6.92. The summed E-state index contributed by atoms with van der Waals surface area (Å²) < 4.78 is 5.70. The van der Waals surface area contributed by atoms with Crippen molar-refractivity contribution in [1.29, 1.82) is 0 Å². The molecule has 0 radical (unpaired) electrons. The third-order valence-corrected chi connectivity index (χ3v) is 5.10. The Morgan fingerprint density at radius 2 is 1.75 bits per heavy atom. The number of benzene rings is 1. The van der Waals surface area contributed by atoms with Crippen LogP contribution in [0, 0.1) is 0 Å². The first-order valence-electron chi connectivity index (χ1n) is 9.28. The summed E-state index contributed by atoms with van der Waals surface area (Å²) in [5.74, 6) is 0.242. The van der Waals surface area contributed by atoms with Gasteiger partial charge in [0, 0.05) is 10.9 Å². The van der Waals surface area contributed by atoms with Crippen LogP contribution in [0.2, 0.25) is 0 Å². The molecule has 4 heteroatoms. The summed E-state index contributed by atoms with van der Waals surface area (Å²) in [7, 11) is 0. The predicted octanol–water partition coefficient (Wildman–Crippen LogP) is 2.58. The molecule has 0 amide bonds. The Balaban J connectivity index is 2.11. The maximum absolute atomic E-state index is 12.4. The number of hydrogen-bond donors (Lipinski definition) is 2. The van der Waals surface area contributed by atoms with Gasteiger partial charge in [-0.25, -0.2) is 4.79 Å². The van der Waals surface area contributed by atoms with Gasteiger partial charge in [-0.3, -0.25) is 0 Å². The lowest BCUT2D eigenvalue weighted by Crippen LogP contribution is -3.10. The van der Waals surface area contributed by atoms with E-state index >= 15 is 0 Å². The molecule has 1 heterocycles. The number of aromatic hydroxyl groups is 1. The Labute approximate surface area is 143 Å². The van der Waals surface area contributed by atoms with Gasteiger partial charge in [0.2, 0.25) is 0 Å². The molecule has 3 rings (SSSR count). The summed E-state index contributed by atoms with van der Waals surface area (Å²) >= 11 is 0. The summed E-state index contributed by atoms with van der Waals surface area (Å²) in [5.41, 5.74) is 3.16. The van der Waals surface area contributed by atoms with Crippen LogP contribution in [0.15, 0.2) is 21.3 Å². The van der Waals surface area contributed by atoms with E-state index < -0.39 is 0 Å². The van der Waals surface area contributed by atoms with E-state index in [1.165, 1.54) is 4.90 Å². The Morgan fingerprint density at radius 1 is 1.08 bits per heavy atom. The normalized spacial score (nSPS) is 14.3. The second-order valence-corrected chi connectivity index (χ2v) is 6.92. The Kier molecular flexibility index (Phi) is 5.24. The fourth-order valence-corrected chi connectivity index (χ4v) is 3.98. The van der Waals surface area contributed by atoms with Crippen LogP contribution in [-0.2, 0) is 19.4 Å². The summed E-state index contributed by atoms with van der Waals surface area (Å²) in [6, 6.07) is 3.68. The van der Waals surface area contributed by atoms with Crippen LogP contribution >= 0.6 is 0 Å². The average Bonchev–Trinajstić information content (AvgIpc) is 2.58. The number of phenols is 1. The standard InChI is InChI=1S/C20H27NO3/c1-3-11-21(12-4-2)13-17-18(22)10-9-15-14-7-5-6-8-16(14)20(23)24-19(15)17/h9-10,22H,3-8,11-13H2,1-2H3/p+1. The highest BCUT2D eigenvalue weighted by molar-refractivity contribution is 5.86. The summed E-state index contributed by atoms with van der Waals surface area (Å²) in [6.07, 6.45) is 6.11. The van der Waals surface area contributed by atoms with Crippen molar-refractivity contribution < 1.29 is 14.4 Å². The molecule has 0 aliphatic heterocycles. The van der Waals surface area contributed by atoms with E-state index in [0.29, 0.717) is 12.1 Å². The van der Waals surface area contributed by atoms with Gasteiger partial charge >= 0.3 is 5.63 Å². The first kappa shape index (κ1) is 17.0. The molecule has 0 atom stereocenters. The van der Waals surface area contributed by atoms with Gasteiger partial charge in [-0.2, -0.15) is 0 Å². The summed E-state index contributed by atoms with van der Waals surface area (Å²) in [6.45, 7) is 7.16. The third kappa shape index (κ3) is 3.20. The van der Waals surface area contributed by atoms with Crippen LogP contribution in [0.25, 0.3) is 11.0 Å². The zero-order valence-electron chi connectivity index (χ0n) is 14.8. The van der Waals surface area contributed by atoms with E-state index in [-0.39, 0.29) is 11.4 Å². The number of hydrogen-bond acceptors (Lipinski definition) is 3. The molecule has 4 nitrogen and oxygen atoms in total. The average molecular weight is 330 g/mol. The first-order chi connectivity index (χ1) is 11.7. The molecular weight excluding hydrogens is 302 g/mol. The molecule has 0 fully saturated rings. The molecule has 0 saturated heterocycles. The summed E-state index contributed by atoms with van der Waals surface area (Å²) in [4.78, 5) is 13.8. The molecule has 24 heavy (non-hydrogen) atoms. The van der Waals surface area contributed by atoms with Gasteiger partial charge in [0.05, 0.1) is 18.7 Å². The molecule has 2 N–H and O–H groups in total. The van der Waals surface area contributed by atoms with Gasteiger partial charge in [-0.15, -0.1) is 0 Å². The van der Waals surface area contributed by atoms with Crippen LogP contribution < -0.4 is 10.5 Å². The van der Waals surface area contributed by atoms with E-state index in [2.05, 4.69) is 13.8 Å². The molecule has 0 bridgehead atoms. The lowest BCUT2D eigenvalue weighted by atomic mass is 9.90. The van der Waals surface area contributed by atoms with Gasteiger partial charge in [-0.05, 0) is 56.2 Å². The van der Waals surface area contributed by atoms with Gasteiger partial charge in [0.25, 0.3) is 0 Å². The molecule has 0 saturated carbocycles. The van der Waals surface area contributed by atoms with Crippen molar-refractivity contribution in [3.63, 3.8) is 0 Å². The maximum atomic E-state index is 12.4. The number of quaternary nitrogens is 1. The molecular formula is C20H28NO3+. The quantitative estimate of drug-likeness (QED) is 0.801. The van der Waals surface area contributed by atoms with Crippen molar-refractivity contribution in [1.82, 2.24) is 0 Å². The van der Waals surface area contributed by atoms with Crippen LogP contribution in [0.3, 0.4) is 0 Å². The lowest BCUT2D eigenvalue weighted by Gasteiger charge is -2.21. The Bertz CT molecular complexity index is 773. The van der Waals surface area contributed by atoms with Crippen molar-refractivity contribution in [2.75, 3.05) is 13.1 Å². The number of phenolic OH excluding ortho intramolecular Hbond substituents is 1. The van der Waals surface area contributed by atoms with Gasteiger partial charge < -0.3 is 14.4 Å². The zero-order chi connectivity index (χ0) is 17.1. The second kappa shape index (κ2) is 7.39. The summed E-state index contributed by atoms with van der Waals surface area (Å²) in [5, 5.41) is 11.4. The zero-order valence-corrected chi connectivity index (χ0v) is 14.8. The minimum absolute atomic E-state index is 0.211. The molecule has 1 aromatic heterocycles. The van der Waals surface area contributed by atoms with Crippen molar-refractivity contribution >= 4 is 11.0 Å². The molecule has 1 aliphatic rings. The van der Waals surface area contributed by atoms with Gasteiger partial charge in [0.15, 0.2) is 5.58 Å². The van der Waals surface area contributed by atoms with Crippen molar-refractivity contribution in [3.05, 3.63) is 39.2 Å². The molecule has 0 unspecified atom stereocenters. The number of fused-ring (bicyclic) bond motifs is 3. The van der Waals surface area contributed by atoms with Gasteiger partial charge in [0.1, 0.15) is 12.3 Å². The van der Waals surface area contributed by atoms with Crippen molar-refractivity contribution in [2.45, 2.75) is 58.9 Å². The van der Waals surface area contributed by atoms with Gasteiger partial charge in [-0.1, -0.05) is 13.8 Å². The van der Waals surface area contributed by atoms with E-state index in [1.54, 1.807) is 6.07 Å². The van der Waals surface area contributed by atoms with Crippen LogP contribution in [-0.4, -0.2) is 18.2 Å². The highest BCUT2D eigenvalue weighted by atomic mass is 16.4. The van der Waals surface area contributed by atoms with Crippen LogP contribution in [0.5, 0.6) is 5.75 Å². The highest BCUT2D eigenvalue weighted by Crippen LogP contribution is 2.32. The first-order valence-corrected chi connectivity index (χ1v) is 9.28. The van der Waals surface area contributed by atoms with E-state index in [1.807, 2.05) is 6.07 Å². The van der Waals surface area contributed by atoms with E-state index in [4.69, 9.17) is 4.42 Å². The number of aryl methyl sites for hydroxylation is 1. The number of rotatable bonds is 6. The minimum atomic E-state index is -0.211. The molecule has 1 aliphatic carbocycles. The van der Waals surface area contributed by atoms with E-state index in [9.17, 15) is 9.90 Å². The largest absolute Gasteiger partial charge is 0.507 e. The van der Waals surface area contributed by atoms with Crippen molar-refractivity contribution in [3.8, 4) is 5.75 Å². The predicted molar refractivity (Wildman–Crippen MR) is 95.8 cm³/mol. The van der Waals surface area contributed by atoms with E-state index in [0.717, 1.165) is 73.7 Å². The smallest absolute Gasteiger partial charge is 0.339 e. The Hall–Kier alpha value is -1.81. The molecule has 2 aromatic rings.